The molecule has 20 heavy (non-hydrogen) atoms. The summed E-state index contributed by atoms with van der Waals surface area (Å²) in [6.07, 6.45) is 0.305. The van der Waals surface area contributed by atoms with E-state index in [2.05, 4.69) is 9.97 Å². The van der Waals surface area contributed by atoms with Gasteiger partial charge < -0.3 is 14.8 Å². The van der Waals surface area contributed by atoms with Gasteiger partial charge in [-0.25, -0.2) is 4.98 Å². The van der Waals surface area contributed by atoms with E-state index in [-0.39, 0.29) is 12.2 Å². The number of aliphatic hydroxyl groups excluding tert-OH is 1. The maximum atomic E-state index is 12.0. The number of methoxy groups -OCH3 is 1. The number of aryl methyl sites for hydroxylation is 2. The largest absolute Gasteiger partial charge is 0.496 e. The highest BCUT2D eigenvalue weighted by Gasteiger charge is 2.12. The summed E-state index contributed by atoms with van der Waals surface area (Å²) in [6.45, 7) is 3.67. The van der Waals surface area contributed by atoms with Crippen molar-refractivity contribution in [3.63, 3.8) is 0 Å². The van der Waals surface area contributed by atoms with Crippen molar-refractivity contribution in [1.29, 1.82) is 0 Å². The van der Waals surface area contributed by atoms with Gasteiger partial charge in [-0.2, -0.15) is 0 Å². The second-order valence-electron chi connectivity index (χ2n) is 4.66. The molecule has 0 amide bonds. The van der Waals surface area contributed by atoms with Crippen LogP contribution in [-0.2, 0) is 6.42 Å². The predicted octanol–water partition coefficient (Wildman–Crippen LogP) is 1.60. The third-order valence-electron chi connectivity index (χ3n) is 3.20. The molecule has 106 valence electrons. The predicted molar refractivity (Wildman–Crippen MR) is 77.1 cm³/mol. The van der Waals surface area contributed by atoms with Gasteiger partial charge in [0.15, 0.2) is 0 Å². The van der Waals surface area contributed by atoms with E-state index in [9.17, 15) is 4.79 Å². The average Bonchev–Trinajstić information content (AvgIpc) is 2.42. The van der Waals surface area contributed by atoms with E-state index < -0.39 is 0 Å². The fourth-order valence-electron chi connectivity index (χ4n) is 2.14. The molecule has 0 fully saturated rings. The number of nitrogens with zero attached hydrogens (tertiary/aromatic N) is 1. The summed E-state index contributed by atoms with van der Waals surface area (Å²) in [5.74, 6) is 1.15. The van der Waals surface area contributed by atoms with Crippen molar-refractivity contribution in [2.75, 3.05) is 13.7 Å². The number of benzene rings is 1. The van der Waals surface area contributed by atoms with Crippen molar-refractivity contribution < 1.29 is 9.84 Å². The lowest BCUT2D eigenvalue weighted by molar-refractivity contribution is 0.298. The van der Waals surface area contributed by atoms with Crippen LogP contribution in [-0.4, -0.2) is 28.8 Å². The number of aromatic nitrogens is 2. The normalized spacial score (nSPS) is 10.6. The summed E-state index contributed by atoms with van der Waals surface area (Å²) in [5, 5.41) is 8.97. The van der Waals surface area contributed by atoms with Gasteiger partial charge in [0.1, 0.15) is 11.6 Å². The van der Waals surface area contributed by atoms with Crippen molar-refractivity contribution in [2.45, 2.75) is 20.3 Å². The van der Waals surface area contributed by atoms with Crippen molar-refractivity contribution >= 4 is 0 Å². The molecule has 2 N–H and O–H groups in total. The Hall–Kier alpha value is -2.14. The van der Waals surface area contributed by atoms with Crippen LogP contribution < -0.4 is 10.3 Å². The highest BCUT2D eigenvalue weighted by molar-refractivity contribution is 5.65. The quantitative estimate of drug-likeness (QED) is 0.888. The fraction of sp³-hybridized carbons (Fsp3) is 0.333. The Labute approximate surface area is 117 Å². The third kappa shape index (κ3) is 2.72. The first-order chi connectivity index (χ1) is 9.56. The molecule has 0 atom stereocenters. The highest BCUT2D eigenvalue weighted by Crippen LogP contribution is 2.28. The number of ether oxygens (including phenoxy) is 1. The average molecular weight is 274 g/mol. The Morgan fingerprint density at radius 2 is 2.10 bits per heavy atom. The van der Waals surface area contributed by atoms with Gasteiger partial charge >= 0.3 is 0 Å². The van der Waals surface area contributed by atoms with Crippen LogP contribution in [0.5, 0.6) is 5.75 Å². The lowest BCUT2D eigenvalue weighted by atomic mass is 10.1. The van der Waals surface area contributed by atoms with Crippen LogP contribution in [0.2, 0.25) is 0 Å². The minimum atomic E-state index is -0.218. The summed E-state index contributed by atoms with van der Waals surface area (Å²) in [6, 6.07) is 5.71. The molecule has 2 aromatic rings. The summed E-state index contributed by atoms with van der Waals surface area (Å²) in [4.78, 5) is 19.2. The van der Waals surface area contributed by atoms with Crippen LogP contribution in [0.3, 0.4) is 0 Å². The molecule has 1 aromatic heterocycles. The SMILES string of the molecule is COc1cc(C)ccc1-c1nc(C)c(CCO)c(=O)[nH]1. The van der Waals surface area contributed by atoms with Crippen LogP contribution in [0.15, 0.2) is 23.0 Å². The number of nitrogens with one attached hydrogen (secondary N) is 1. The first-order valence-electron chi connectivity index (χ1n) is 6.42. The van der Waals surface area contributed by atoms with E-state index in [1.54, 1.807) is 14.0 Å². The van der Waals surface area contributed by atoms with Crippen LogP contribution in [0.25, 0.3) is 11.4 Å². The summed E-state index contributed by atoms with van der Waals surface area (Å²) in [7, 11) is 1.59. The maximum absolute atomic E-state index is 12.0. The molecule has 1 aromatic carbocycles. The molecule has 0 bridgehead atoms. The lowest BCUT2D eigenvalue weighted by Crippen LogP contribution is -2.18. The van der Waals surface area contributed by atoms with Crippen LogP contribution in [0, 0.1) is 13.8 Å². The fourth-order valence-corrected chi connectivity index (χ4v) is 2.14. The second-order valence-corrected chi connectivity index (χ2v) is 4.66. The monoisotopic (exact) mass is 274 g/mol. The van der Waals surface area contributed by atoms with Crippen molar-refractivity contribution in [2.24, 2.45) is 0 Å². The number of rotatable bonds is 4. The molecule has 0 aliphatic heterocycles. The summed E-state index contributed by atoms with van der Waals surface area (Å²) < 4.78 is 5.34. The molecule has 0 unspecified atom stereocenters. The Bertz CT molecular complexity index is 677. The first kappa shape index (κ1) is 14.3. The molecular formula is C15H18N2O3. The van der Waals surface area contributed by atoms with E-state index in [4.69, 9.17) is 9.84 Å². The minimum Gasteiger partial charge on any atom is -0.496 e. The number of aromatic amines is 1. The molecule has 0 aliphatic rings. The third-order valence-corrected chi connectivity index (χ3v) is 3.20. The molecular weight excluding hydrogens is 256 g/mol. The maximum Gasteiger partial charge on any atom is 0.254 e. The van der Waals surface area contributed by atoms with Gasteiger partial charge in [-0.15, -0.1) is 0 Å². The molecule has 0 radical (unpaired) electrons. The Kier molecular flexibility index (Phi) is 4.20. The Morgan fingerprint density at radius 3 is 2.70 bits per heavy atom. The lowest BCUT2D eigenvalue weighted by Gasteiger charge is -2.10. The van der Waals surface area contributed by atoms with E-state index in [0.717, 1.165) is 11.1 Å². The van der Waals surface area contributed by atoms with Gasteiger partial charge in [-0.1, -0.05) is 6.07 Å². The molecule has 0 saturated carbocycles. The standard InChI is InChI=1S/C15H18N2O3/c1-9-4-5-12(13(8-9)20-3)14-16-10(2)11(6-7-18)15(19)17-14/h4-5,8,18H,6-7H2,1-3H3,(H,16,17,19). The Balaban J connectivity index is 2.57. The van der Waals surface area contributed by atoms with Crippen molar-refractivity contribution in [1.82, 2.24) is 9.97 Å². The Morgan fingerprint density at radius 1 is 1.35 bits per heavy atom. The number of H-pyrrole nitrogens is 1. The van der Waals surface area contributed by atoms with Gasteiger partial charge in [0, 0.05) is 24.3 Å². The smallest absolute Gasteiger partial charge is 0.254 e. The van der Waals surface area contributed by atoms with E-state index >= 15 is 0 Å². The van der Waals surface area contributed by atoms with E-state index in [0.29, 0.717) is 29.3 Å². The molecule has 5 heteroatoms. The zero-order chi connectivity index (χ0) is 14.7. The highest BCUT2D eigenvalue weighted by atomic mass is 16.5. The molecule has 2 rings (SSSR count). The van der Waals surface area contributed by atoms with E-state index in [1.807, 2.05) is 25.1 Å². The molecule has 1 heterocycles. The van der Waals surface area contributed by atoms with Gasteiger partial charge in [-0.3, -0.25) is 4.79 Å². The summed E-state index contributed by atoms with van der Waals surface area (Å²) in [5.41, 5.74) is 2.74. The zero-order valence-corrected chi connectivity index (χ0v) is 11.9. The second kappa shape index (κ2) is 5.88. The van der Waals surface area contributed by atoms with Gasteiger partial charge in [0.05, 0.1) is 12.7 Å². The number of hydrogen-bond donors (Lipinski definition) is 2. The number of hydrogen-bond acceptors (Lipinski definition) is 4. The van der Waals surface area contributed by atoms with Crippen molar-refractivity contribution in [3.05, 3.63) is 45.4 Å². The molecule has 0 saturated heterocycles. The van der Waals surface area contributed by atoms with Crippen LogP contribution >= 0.6 is 0 Å². The first-order valence-corrected chi connectivity index (χ1v) is 6.42. The van der Waals surface area contributed by atoms with Crippen LogP contribution in [0.1, 0.15) is 16.8 Å². The summed E-state index contributed by atoms with van der Waals surface area (Å²) >= 11 is 0. The number of aliphatic hydroxyl groups is 1. The topological polar surface area (TPSA) is 75.2 Å². The molecule has 0 spiro atoms. The van der Waals surface area contributed by atoms with Gasteiger partial charge in [-0.05, 0) is 31.5 Å². The van der Waals surface area contributed by atoms with Gasteiger partial charge in [0.25, 0.3) is 5.56 Å². The van der Waals surface area contributed by atoms with E-state index in [1.165, 1.54) is 0 Å². The van der Waals surface area contributed by atoms with Gasteiger partial charge in [0.2, 0.25) is 0 Å². The zero-order valence-electron chi connectivity index (χ0n) is 11.9. The van der Waals surface area contributed by atoms with Crippen molar-refractivity contribution in [3.8, 4) is 17.1 Å². The molecule has 5 nitrogen and oxygen atoms in total. The van der Waals surface area contributed by atoms with Crippen LogP contribution in [0.4, 0.5) is 0 Å². The molecule has 0 aliphatic carbocycles. The minimum absolute atomic E-state index is 0.0706.